The fourth-order valence-corrected chi connectivity index (χ4v) is 9.41. The maximum absolute atomic E-state index is 2.47. The number of rotatable bonds is 4. The van der Waals surface area contributed by atoms with E-state index in [-0.39, 0.29) is 0 Å². The number of hydrogen-bond acceptors (Lipinski definition) is 2. The second-order valence-electron chi connectivity index (χ2n) is 13.3. The minimum Gasteiger partial charge on any atom is -0.310 e. The third kappa shape index (κ3) is 4.29. The van der Waals surface area contributed by atoms with Crippen molar-refractivity contribution in [3.05, 3.63) is 182 Å². The lowest BCUT2D eigenvalue weighted by atomic mass is 9.96. The summed E-state index contributed by atoms with van der Waals surface area (Å²) >= 11 is 1.87. The predicted molar refractivity (Wildman–Crippen MR) is 221 cm³/mol. The molecule has 0 amide bonds. The first-order chi connectivity index (χ1) is 25.3. The topological polar surface area (TPSA) is 8.17 Å². The van der Waals surface area contributed by atoms with Crippen LogP contribution in [-0.2, 0) is 0 Å². The van der Waals surface area contributed by atoms with E-state index in [2.05, 4.69) is 191 Å². The van der Waals surface area contributed by atoms with Gasteiger partial charge in [0.2, 0.25) is 0 Å². The van der Waals surface area contributed by atoms with Crippen LogP contribution in [-0.4, -0.2) is 4.57 Å². The molecule has 11 rings (SSSR count). The van der Waals surface area contributed by atoms with Gasteiger partial charge >= 0.3 is 0 Å². The van der Waals surface area contributed by atoms with E-state index >= 15 is 0 Å². The number of aromatic nitrogens is 1. The first-order valence-corrected chi connectivity index (χ1v) is 18.3. The van der Waals surface area contributed by atoms with Crippen molar-refractivity contribution in [2.75, 3.05) is 4.90 Å². The molecule has 0 unspecified atom stereocenters. The molecule has 51 heavy (non-hydrogen) atoms. The minimum atomic E-state index is 1.13. The Bertz CT molecular complexity index is 3150. The molecule has 0 aliphatic heterocycles. The second-order valence-corrected chi connectivity index (χ2v) is 14.4. The highest BCUT2D eigenvalue weighted by atomic mass is 32.1. The van der Waals surface area contributed by atoms with Crippen molar-refractivity contribution in [2.24, 2.45) is 0 Å². The summed E-state index contributed by atoms with van der Waals surface area (Å²) in [4.78, 5) is 2.47. The molecule has 2 heterocycles. The summed E-state index contributed by atoms with van der Waals surface area (Å²) in [6, 6.07) is 66.8. The second kappa shape index (κ2) is 11.0. The van der Waals surface area contributed by atoms with Crippen molar-refractivity contribution in [2.45, 2.75) is 0 Å². The number of thiophene rings is 1. The van der Waals surface area contributed by atoms with E-state index in [9.17, 15) is 0 Å². The van der Waals surface area contributed by atoms with Gasteiger partial charge in [0.1, 0.15) is 0 Å². The summed E-state index contributed by atoms with van der Waals surface area (Å²) in [5.41, 5.74) is 7.00. The van der Waals surface area contributed by atoms with E-state index in [1.807, 2.05) is 11.3 Å². The Labute approximate surface area is 298 Å². The number of benzene rings is 9. The molecule has 0 aliphatic rings. The smallest absolute Gasteiger partial charge is 0.0542 e. The van der Waals surface area contributed by atoms with Gasteiger partial charge in [-0.1, -0.05) is 121 Å². The molecule has 9 aromatic carbocycles. The van der Waals surface area contributed by atoms with Gasteiger partial charge in [0, 0.05) is 53.4 Å². The fraction of sp³-hybridized carbons (Fsp3) is 0. The van der Waals surface area contributed by atoms with Crippen molar-refractivity contribution in [1.29, 1.82) is 0 Å². The third-order valence-electron chi connectivity index (χ3n) is 10.6. The van der Waals surface area contributed by atoms with Crippen LogP contribution in [0, 0.1) is 0 Å². The zero-order valence-corrected chi connectivity index (χ0v) is 28.4. The summed E-state index contributed by atoms with van der Waals surface area (Å²) in [5, 5.41) is 12.7. The Morgan fingerprint density at radius 2 is 0.961 bits per heavy atom. The highest BCUT2D eigenvalue weighted by Crippen LogP contribution is 2.45. The largest absolute Gasteiger partial charge is 0.310 e. The fourth-order valence-electron chi connectivity index (χ4n) is 8.27. The van der Waals surface area contributed by atoms with E-state index in [1.165, 1.54) is 74.3 Å². The van der Waals surface area contributed by atoms with Crippen LogP contribution in [0.25, 0.3) is 80.0 Å². The van der Waals surface area contributed by atoms with Gasteiger partial charge in [-0.2, -0.15) is 0 Å². The SMILES string of the molecule is c1ccc(-n2c3ccccc3c3cc(N(c4ccc5c(c4)sc4ccccc45)c4cccc5c4ccc4c6ccccc6ccc54)ccc32)cc1. The van der Waals surface area contributed by atoms with Gasteiger partial charge in [-0.15, -0.1) is 11.3 Å². The predicted octanol–water partition coefficient (Wildman–Crippen LogP) is 14.1. The van der Waals surface area contributed by atoms with Crippen LogP contribution in [0.3, 0.4) is 0 Å². The van der Waals surface area contributed by atoms with Crippen LogP contribution in [0.4, 0.5) is 17.1 Å². The Balaban J connectivity index is 1.20. The summed E-state index contributed by atoms with van der Waals surface area (Å²) in [6.45, 7) is 0. The van der Waals surface area contributed by atoms with Crippen molar-refractivity contribution < 1.29 is 0 Å². The molecule has 2 aromatic heterocycles. The van der Waals surface area contributed by atoms with E-state index in [0.29, 0.717) is 0 Å². The molecule has 0 aliphatic carbocycles. The van der Waals surface area contributed by atoms with Gasteiger partial charge in [0.15, 0.2) is 0 Å². The Morgan fingerprint density at radius 3 is 1.88 bits per heavy atom. The maximum atomic E-state index is 2.47. The van der Waals surface area contributed by atoms with Crippen molar-refractivity contribution in [1.82, 2.24) is 4.57 Å². The summed E-state index contributed by atoms with van der Waals surface area (Å²) < 4.78 is 4.99. The Kier molecular flexibility index (Phi) is 6.16. The number of nitrogens with zero attached hydrogens (tertiary/aromatic N) is 2. The lowest BCUT2D eigenvalue weighted by Gasteiger charge is -2.27. The molecule has 0 bridgehead atoms. The number of anilines is 3. The molecule has 3 heteroatoms. The van der Waals surface area contributed by atoms with E-state index in [1.54, 1.807) is 0 Å². The van der Waals surface area contributed by atoms with Gasteiger partial charge in [-0.3, -0.25) is 0 Å². The Morgan fingerprint density at radius 1 is 0.353 bits per heavy atom. The van der Waals surface area contributed by atoms with Crippen molar-refractivity contribution >= 4 is 103 Å². The standard InChI is InChI=1S/C48H30N2S/c1-2-12-32(13-3-1)50-45-18-8-6-15-39(45)43-29-33(23-28-46(43)50)49(34-22-25-42-41-16-7-9-20-47(41)51-48(42)30-34)44-19-10-17-36-38-24-21-31-11-4-5-14-35(31)37(38)26-27-40(36)44/h1-30H. The van der Waals surface area contributed by atoms with Crippen molar-refractivity contribution in [3.8, 4) is 5.69 Å². The van der Waals surface area contributed by atoms with Crippen LogP contribution in [0.5, 0.6) is 0 Å². The molecule has 0 atom stereocenters. The highest BCUT2D eigenvalue weighted by Gasteiger charge is 2.20. The zero-order chi connectivity index (χ0) is 33.5. The first kappa shape index (κ1) is 28.4. The molecule has 2 nitrogen and oxygen atoms in total. The van der Waals surface area contributed by atoms with Crippen molar-refractivity contribution in [3.63, 3.8) is 0 Å². The zero-order valence-electron chi connectivity index (χ0n) is 27.6. The maximum Gasteiger partial charge on any atom is 0.0542 e. The molecule has 0 fully saturated rings. The molecule has 238 valence electrons. The molecular weight excluding hydrogens is 637 g/mol. The van der Waals surface area contributed by atoms with Gasteiger partial charge in [-0.05, 0) is 87.6 Å². The molecule has 0 spiro atoms. The van der Waals surface area contributed by atoms with Crippen LogP contribution in [0.1, 0.15) is 0 Å². The average Bonchev–Trinajstić information content (AvgIpc) is 3.73. The van der Waals surface area contributed by atoms with Gasteiger partial charge in [-0.25, -0.2) is 0 Å². The van der Waals surface area contributed by atoms with Gasteiger partial charge in [0.25, 0.3) is 0 Å². The molecule has 0 saturated carbocycles. The summed E-state index contributed by atoms with van der Waals surface area (Å²) in [6.07, 6.45) is 0. The molecule has 0 radical (unpaired) electrons. The Hall–Kier alpha value is -6.42. The molecule has 11 aromatic rings. The lowest BCUT2D eigenvalue weighted by molar-refractivity contribution is 1.18. The molecule has 0 saturated heterocycles. The molecular formula is C48H30N2S. The number of para-hydroxylation sites is 2. The van der Waals surface area contributed by atoms with E-state index < -0.39 is 0 Å². The van der Waals surface area contributed by atoms with E-state index in [4.69, 9.17) is 0 Å². The van der Waals surface area contributed by atoms with Crippen LogP contribution >= 0.6 is 11.3 Å². The van der Waals surface area contributed by atoms with Crippen LogP contribution < -0.4 is 4.90 Å². The monoisotopic (exact) mass is 666 g/mol. The summed E-state index contributed by atoms with van der Waals surface area (Å²) in [7, 11) is 0. The first-order valence-electron chi connectivity index (χ1n) is 17.4. The average molecular weight is 667 g/mol. The molecule has 0 N–H and O–H groups in total. The van der Waals surface area contributed by atoms with E-state index in [0.717, 1.165) is 22.7 Å². The number of hydrogen-bond donors (Lipinski definition) is 0. The minimum absolute atomic E-state index is 1.13. The lowest BCUT2D eigenvalue weighted by Crippen LogP contribution is -2.10. The number of fused-ring (bicyclic) bond motifs is 11. The highest BCUT2D eigenvalue weighted by molar-refractivity contribution is 7.25. The summed E-state index contributed by atoms with van der Waals surface area (Å²) in [5.74, 6) is 0. The van der Waals surface area contributed by atoms with Gasteiger partial charge < -0.3 is 9.47 Å². The van der Waals surface area contributed by atoms with Crippen LogP contribution in [0.15, 0.2) is 182 Å². The van der Waals surface area contributed by atoms with Crippen LogP contribution in [0.2, 0.25) is 0 Å². The van der Waals surface area contributed by atoms with Gasteiger partial charge in [0.05, 0.1) is 16.7 Å². The quantitative estimate of drug-likeness (QED) is 0.170. The third-order valence-corrected chi connectivity index (χ3v) is 11.7. The normalized spacial score (nSPS) is 11.9.